The summed E-state index contributed by atoms with van der Waals surface area (Å²) in [7, 11) is 1.47. The summed E-state index contributed by atoms with van der Waals surface area (Å²) >= 11 is 0. The third-order valence-corrected chi connectivity index (χ3v) is 2.20. The molecule has 0 unspecified atom stereocenters. The monoisotopic (exact) mass is 276 g/mol. The molecule has 0 saturated carbocycles. The number of urea groups is 1. The van der Waals surface area contributed by atoms with Gasteiger partial charge in [-0.15, -0.1) is 0 Å². The van der Waals surface area contributed by atoms with Gasteiger partial charge in [-0.25, -0.2) is 9.59 Å². The van der Waals surface area contributed by atoms with E-state index in [9.17, 15) is 14.4 Å². The zero-order chi connectivity index (χ0) is 15.0. The molecule has 8 heteroatoms. The Morgan fingerprint density at radius 1 is 1.26 bits per heavy atom. The Morgan fingerprint density at radius 3 is 2.26 bits per heavy atom. The van der Waals surface area contributed by atoms with E-state index in [1.165, 1.54) is 11.9 Å². The number of carbonyl (C=O) groups excluding carboxylic acids is 1. The van der Waals surface area contributed by atoms with Crippen LogP contribution in [0.2, 0.25) is 0 Å². The number of nitrogens with one attached hydrogen (secondary N) is 1. The highest BCUT2D eigenvalue weighted by molar-refractivity contribution is 5.86. The quantitative estimate of drug-likeness (QED) is 0.573. The summed E-state index contributed by atoms with van der Waals surface area (Å²) in [4.78, 5) is 34.1. The molecule has 0 radical (unpaired) electrons. The van der Waals surface area contributed by atoms with Gasteiger partial charge in [0.2, 0.25) is 0 Å². The first kappa shape index (κ1) is 17.2. The molecule has 0 spiro atoms. The van der Waals surface area contributed by atoms with Gasteiger partial charge in [-0.2, -0.15) is 0 Å². The largest absolute Gasteiger partial charge is 0.481 e. The minimum atomic E-state index is -1.45. The first-order valence-electron chi connectivity index (χ1n) is 5.81. The summed E-state index contributed by atoms with van der Waals surface area (Å²) in [5.74, 6) is -2.68. The lowest BCUT2D eigenvalue weighted by Gasteiger charge is -2.21. The van der Waals surface area contributed by atoms with E-state index >= 15 is 0 Å². The second-order valence-electron chi connectivity index (χ2n) is 4.28. The Bertz CT molecular complexity index is 331. The van der Waals surface area contributed by atoms with Crippen LogP contribution in [-0.2, 0) is 14.3 Å². The van der Waals surface area contributed by atoms with Crippen LogP contribution in [-0.4, -0.2) is 65.4 Å². The summed E-state index contributed by atoms with van der Waals surface area (Å²) < 4.78 is 5.25. The van der Waals surface area contributed by atoms with E-state index in [2.05, 4.69) is 5.32 Å². The number of likely N-dealkylation sites (N-methyl/N-ethyl adjacent to an activating group) is 1. The van der Waals surface area contributed by atoms with E-state index in [-0.39, 0.29) is 12.6 Å². The van der Waals surface area contributed by atoms with E-state index in [1.54, 1.807) is 0 Å². The van der Waals surface area contributed by atoms with Crippen LogP contribution in [0.1, 0.15) is 20.3 Å². The highest BCUT2D eigenvalue weighted by atomic mass is 16.5. The molecular weight excluding hydrogens is 256 g/mol. The Labute approximate surface area is 111 Å². The maximum absolute atomic E-state index is 11.6. The van der Waals surface area contributed by atoms with E-state index < -0.39 is 30.4 Å². The molecule has 19 heavy (non-hydrogen) atoms. The van der Waals surface area contributed by atoms with Crippen molar-refractivity contribution in [3.63, 3.8) is 0 Å². The van der Waals surface area contributed by atoms with Gasteiger partial charge >= 0.3 is 18.0 Å². The van der Waals surface area contributed by atoms with Gasteiger partial charge < -0.3 is 25.2 Å². The lowest BCUT2D eigenvalue weighted by Crippen LogP contribution is -2.48. The number of aliphatic carboxylic acids is 2. The van der Waals surface area contributed by atoms with E-state index in [1.807, 2.05) is 13.8 Å². The molecule has 0 saturated heterocycles. The Balaban J connectivity index is 4.23. The van der Waals surface area contributed by atoms with Gasteiger partial charge in [-0.3, -0.25) is 4.79 Å². The highest BCUT2D eigenvalue weighted by Crippen LogP contribution is 1.96. The standard InChI is InChI=1S/C11H20N2O6/c1-7(2)19-5-4-13(3)11(18)12-8(10(16)17)6-9(14)15/h7-8H,4-6H2,1-3H3,(H,12,18)(H,14,15)(H,16,17)/t8-/m0/s1. The fraction of sp³-hybridized carbons (Fsp3) is 0.727. The predicted octanol–water partition coefficient (Wildman–Crippen LogP) is -0.0193. The summed E-state index contributed by atoms with van der Waals surface area (Å²) in [5, 5.41) is 19.5. The lowest BCUT2D eigenvalue weighted by molar-refractivity contribution is -0.145. The molecule has 1 atom stereocenters. The molecule has 8 nitrogen and oxygen atoms in total. The van der Waals surface area contributed by atoms with Gasteiger partial charge in [0.05, 0.1) is 19.1 Å². The summed E-state index contributed by atoms with van der Waals surface area (Å²) in [6, 6.07) is -2.10. The molecule has 0 aromatic rings. The summed E-state index contributed by atoms with van der Waals surface area (Å²) in [6.45, 7) is 4.31. The average Bonchev–Trinajstić information content (AvgIpc) is 2.26. The van der Waals surface area contributed by atoms with Crippen molar-refractivity contribution in [1.29, 1.82) is 0 Å². The number of hydrogen-bond acceptors (Lipinski definition) is 4. The molecule has 3 N–H and O–H groups in total. The molecule has 2 amide bonds. The molecule has 0 heterocycles. The van der Waals surface area contributed by atoms with E-state index in [0.717, 1.165) is 0 Å². The Kier molecular flexibility index (Phi) is 7.50. The fourth-order valence-corrected chi connectivity index (χ4v) is 1.16. The molecule has 0 fully saturated rings. The smallest absolute Gasteiger partial charge is 0.326 e. The number of carbonyl (C=O) groups is 3. The van der Waals surface area contributed by atoms with Crippen LogP contribution in [0.5, 0.6) is 0 Å². The third kappa shape index (κ3) is 7.98. The van der Waals surface area contributed by atoms with Crippen molar-refractivity contribution in [3.05, 3.63) is 0 Å². The highest BCUT2D eigenvalue weighted by Gasteiger charge is 2.24. The van der Waals surface area contributed by atoms with Crippen molar-refractivity contribution in [2.45, 2.75) is 32.4 Å². The number of carboxylic acids is 2. The maximum Gasteiger partial charge on any atom is 0.326 e. The fourth-order valence-electron chi connectivity index (χ4n) is 1.16. The van der Waals surface area contributed by atoms with Gasteiger partial charge in [-0.05, 0) is 13.8 Å². The van der Waals surface area contributed by atoms with Crippen molar-refractivity contribution in [2.24, 2.45) is 0 Å². The number of amides is 2. The number of rotatable bonds is 8. The van der Waals surface area contributed by atoms with Crippen LogP contribution in [0.4, 0.5) is 4.79 Å². The number of nitrogens with zero attached hydrogens (tertiary/aromatic N) is 1. The molecule has 0 rings (SSSR count). The Hall–Kier alpha value is -1.83. The minimum Gasteiger partial charge on any atom is -0.481 e. The van der Waals surface area contributed by atoms with Gasteiger partial charge in [0.15, 0.2) is 0 Å². The molecule has 110 valence electrons. The van der Waals surface area contributed by atoms with Gasteiger partial charge in [0, 0.05) is 13.6 Å². The average molecular weight is 276 g/mol. The molecule has 0 aromatic carbocycles. The van der Waals surface area contributed by atoms with Gasteiger partial charge in [0.1, 0.15) is 6.04 Å². The van der Waals surface area contributed by atoms with Crippen LogP contribution in [0, 0.1) is 0 Å². The molecule has 0 aliphatic rings. The van der Waals surface area contributed by atoms with Crippen molar-refractivity contribution in [1.82, 2.24) is 10.2 Å². The normalized spacial score (nSPS) is 12.0. The van der Waals surface area contributed by atoms with Crippen LogP contribution in [0.25, 0.3) is 0 Å². The van der Waals surface area contributed by atoms with Crippen molar-refractivity contribution in [3.8, 4) is 0 Å². The SMILES string of the molecule is CC(C)OCCN(C)C(=O)N[C@@H](CC(=O)O)C(=O)O. The van der Waals surface area contributed by atoms with Crippen molar-refractivity contribution >= 4 is 18.0 Å². The second kappa shape index (κ2) is 8.30. The van der Waals surface area contributed by atoms with Gasteiger partial charge in [0.25, 0.3) is 0 Å². The zero-order valence-electron chi connectivity index (χ0n) is 11.3. The second-order valence-corrected chi connectivity index (χ2v) is 4.28. The number of hydrogen-bond donors (Lipinski definition) is 3. The van der Waals surface area contributed by atoms with E-state index in [4.69, 9.17) is 14.9 Å². The maximum atomic E-state index is 11.6. The minimum absolute atomic E-state index is 0.0373. The number of ether oxygens (including phenoxy) is 1. The van der Waals surface area contributed by atoms with Crippen LogP contribution in [0.15, 0.2) is 0 Å². The van der Waals surface area contributed by atoms with Crippen LogP contribution < -0.4 is 5.32 Å². The third-order valence-electron chi connectivity index (χ3n) is 2.20. The molecule has 0 aliphatic heterocycles. The molecule has 0 bridgehead atoms. The van der Waals surface area contributed by atoms with Crippen molar-refractivity contribution in [2.75, 3.05) is 20.2 Å². The van der Waals surface area contributed by atoms with E-state index in [0.29, 0.717) is 6.61 Å². The molecular formula is C11H20N2O6. The van der Waals surface area contributed by atoms with Crippen molar-refractivity contribution < 1.29 is 29.3 Å². The first-order chi connectivity index (χ1) is 8.73. The zero-order valence-corrected chi connectivity index (χ0v) is 11.3. The predicted molar refractivity (Wildman–Crippen MR) is 65.9 cm³/mol. The topological polar surface area (TPSA) is 116 Å². The van der Waals surface area contributed by atoms with Crippen LogP contribution in [0.3, 0.4) is 0 Å². The van der Waals surface area contributed by atoms with Crippen LogP contribution >= 0.6 is 0 Å². The molecule has 0 aromatic heterocycles. The first-order valence-corrected chi connectivity index (χ1v) is 5.81. The molecule has 0 aliphatic carbocycles. The number of carboxylic acid groups (broad SMARTS) is 2. The van der Waals surface area contributed by atoms with Gasteiger partial charge in [-0.1, -0.05) is 0 Å². The summed E-state index contributed by atoms with van der Waals surface area (Å²) in [6.07, 6.45) is -0.632. The summed E-state index contributed by atoms with van der Waals surface area (Å²) in [5.41, 5.74) is 0. The Morgan fingerprint density at radius 2 is 1.84 bits per heavy atom. The lowest BCUT2D eigenvalue weighted by atomic mass is 10.2.